The lowest BCUT2D eigenvalue weighted by atomic mass is 10.4. The van der Waals surface area contributed by atoms with Crippen molar-refractivity contribution in [3.63, 3.8) is 0 Å². The van der Waals surface area contributed by atoms with E-state index in [0.29, 0.717) is 19.0 Å². The molecule has 0 bridgehead atoms. The molecule has 0 amide bonds. The smallest absolute Gasteiger partial charge is 0.208 e. The second kappa shape index (κ2) is 3.15. The van der Waals surface area contributed by atoms with Gasteiger partial charge in [-0.25, -0.2) is 4.99 Å². The van der Waals surface area contributed by atoms with Crippen LogP contribution in [0.4, 0.5) is 0 Å². The molecule has 0 saturated carbocycles. The molecule has 0 aromatic rings. The van der Waals surface area contributed by atoms with Gasteiger partial charge in [-0.15, -0.1) is 0 Å². The third kappa shape index (κ3) is 2.01. The number of rotatable bonds is 2. The van der Waals surface area contributed by atoms with E-state index in [2.05, 4.69) is 4.99 Å². The summed E-state index contributed by atoms with van der Waals surface area (Å²) in [6.45, 7) is 2.83. The molecule has 1 rings (SSSR count). The second-order valence-electron chi connectivity index (χ2n) is 2.01. The van der Waals surface area contributed by atoms with Crippen LogP contribution in [0.2, 0.25) is 0 Å². The fourth-order valence-corrected chi connectivity index (χ4v) is 0.641. The van der Waals surface area contributed by atoms with E-state index in [1.54, 1.807) is 6.08 Å². The Morgan fingerprint density at radius 1 is 1.80 bits per heavy atom. The van der Waals surface area contributed by atoms with Gasteiger partial charge in [0.15, 0.2) is 5.78 Å². The summed E-state index contributed by atoms with van der Waals surface area (Å²) in [5.41, 5.74) is 0. The third-order valence-electron chi connectivity index (χ3n) is 1.07. The number of hydrogen-bond acceptors (Lipinski definition) is 3. The van der Waals surface area contributed by atoms with Crippen LogP contribution >= 0.6 is 0 Å². The highest BCUT2D eigenvalue weighted by atomic mass is 16.5. The summed E-state index contributed by atoms with van der Waals surface area (Å²) >= 11 is 0. The van der Waals surface area contributed by atoms with Gasteiger partial charge in [0.25, 0.3) is 0 Å². The van der Waals surface area contributed by atoms with Crippen LogP contribution in [0, 0.1) is 0 Å². The maximum Gasteiger partial charge on any atom is 0.208 e. The minimum absolute atomic E-state index is 0.0122. The number of ether oxygens (including phenoxy) is 1. The number of carbonyl (C=O) groups excluding carboxylic acids is 1. The highest BCUT2D eigenvalue weighted by molar-refractivity contribution is 5.97. The number of ketones is 1. The molecule has 0 aliphatic carbocycles. The second-order valence-corrected chi connectivity index (χ2v) is 2.01. The summed E-state index contributed by atoms with van der Waals surface area (Å²) in [5, 5.41) is 0. The van der Waals surface area contributed by atoms with Crippen molar-refractivity contribution in [2.75, 3.05) is 13.2 Å². The van der Waals surface area contributed by atoms with Gasteiger partial charge in [0.05, 0.1) is 6.54 Å². The zero-order valence-corrected chi connectivity index (χ0v) is 5.83. The topological polar surface area (TPSA) is 38.7 Å². The minimum atomic E-state index is 0.0122. The van der Waals surface area contributed by atoms with E-state index in [4.69, 9.17) is 4.74 Å². The van der Waals surface area contributed by atoms with Crippen LogP contribution in [0.15, 0.2) is 17.1 Å². The summed E-state index contributed by atoms with van der Waals surface area (Å²) in [7, 11) is 0. The SMILES string of the molecule is CC(=O)/C=C/C1=NCCO1. The normalized spacial score (nSPS) is 17.1. The lowest BCUT2D eigenvalue weighted by Gasteiger charge is -1.90. The molecule has 0 aromatic carbocycles. The van der Waals surface area contributed by atoms with Crippen molar-refractivity contribution in [1.82, 2.24) is 0 Å². The van der Waals surface area contributed by atoms with Gasteiger partial charge in [0.2, 0.25) is 5.90 Å². The maximum atomic E-state index is 10.4. The first-order valence-corrected chi connectivity index (χ1v) is 3.15. The van der Waals surface area contributed by atoms with Crippen molar-refractivity contribution < 1.29 is 9.53 Å². The fraction of sp³-hybridized carbons (Fsp3) is 0.429. The molecule has 0 unspecified atom stereocenters. The Labute approximate surface area is 59.4 Å². The van der Waals surface area contributed by atoms with Crippen LogP contribution in [0.1, 0.15) is 6.92 Å². The van der Waals surface area contributed by atoms with Gasteiger partial charge in [-0.2, -0.15) is 0 Å². The largest absolute Gasteiger partial charge is 0.476 e. The molecule has 0 radical (unpaired) electrons. The molecular weight excluding hydrogens is 130 g/mol. The molecule has 0 aromatic heterocycles. The molecule has 0 spiro atoms. The average molecular weight is 139 g/mol. The van der Waals surface area contributed by atoms with Gasteiger partial charge < -0.3 is 4.74 Å². The highest BCUT2D eigenvalue weighted by Gasteiger charge is 2.01. The van der Waals surface area contributed by atoms with Crippen molar-refractivity contribution >= 4 is 11.7 Å². The van der Waals surface area contributed by atoms with Gasteiger partial charge in [-0.1, -0.05) is 0 Å². The van der Waals surface area contributed by atoms with E-state index in [-0.39, 0.29) is 5.78 Å². The van der Waals surface area contributed by atoms with Crippen LogP contribution in [0.5, 0.6) is 0 Å². The average Bonchev–Trinajstić information content (AvgIpc) is 2.34. The van der Waals surface area contributed by atoms with Crippen molar-refractivity contribution in [3.05, 3.63) is 12.2 Å². The molecular formula is C7H9NO2. The summed E-state index contributed by atoms with van der Waals surface area (Å²) in [6.07, 6.45) is 3.04. The highest BCUT2D eigenvalue weighted by Crippen LogP contribution is 1.94. The van der Waals surface area contributed by atoms with Gasteiger partial charge in [-0.05, 0) is 13.0 Å². The molecule has 0 saturated heterocycles. The molecule has 0 fully saturated rings. The number of hydrogen-bond donors (Lipinski definition) is 0. The molecule has 3 heteroatoms. The number of aliphatic imine (C=N–C) groups is 1. The van der Waals surface area contributed by atoms with Crippen molar-refractivity contribution in [1.29, 1.82) is 0 Å². The van der Waals surface area contributed by atoms with Crippen molar-refractivity contribution in [3.8, 4) is 0 Å². The van der Waals surface area contributed by atoms with E-state index in [0.717, 1.165) is 0 Å². The minimum Gasteiger partial charge on any atom is -0.476 e. The number of allylic oxidation sites excluding steroid dienone is 1. The van der Waals surface area contributed by atoms with Crippen LogP contribution in [-0.2, 0) is 9.53 Å². The molecule has 54 valence electrons. The third-order valence-corrected chi connectivity index (χ3v) is 1.07. The molecule has 1 aliphatic heterocycles. The molecule has 3 nitrogen and oxygen atoms in total. The van der Waals surface area contributed by atoms with E-state index in [1.807, 2.05) is 0 Å². The molecule has 10 heavy (non-hydrogen) atoms. The van der Waals surface area contributed by atoms with Crippen molar-refractivity contribution in [2.24, 2.45) is 4.99 Å². The Bertz CT molecular complexity index is 194. The molecule has 1 heterocycles. The maximum absolute atomic E-state index is 10.4. The standard InChI is InChI=1S/C7H9NO2/c1-6(9)2-3-7-8-4-5-10-7/h2-3H,4-5H2,1H3/b3-2+. The van der Waals surface area contributed by atoms with E-state index in [9.17, 15) is 4.79 Å². The Balaban J connectivity index is 2.44. The Morgan fingerprint density at radius 2 is 2.60 bits per heavy atom. The Morgan fingerprint density at radius 3 is 3.10 bits per heavy atom. The predicted octanol–water partition coefficient (Wildman–Crippen LogP) is 0.560. The zero-order valence-electron chi connectivity index (χ0n) is 5.83. The monoisotopic (exact) mass is 139 g/mol. The van der Waals surface area contributed by atoms with Crippen molar-refractivity contribution in [2.45, 2.75) is 6.92 Å². The van der Waals surface area contributed by atoms with Gasteiger partial charge >= 0.3 is 0 Å². The summed E-state index contributed by atoms with van der Waals surface area (Å²) in [4.78, 5) is 14.4. The van der Waals surface area contributed by atoms with Crippen LogP contribution in [0.3, 0.4) is 0 Å². The van der Waals surface area contributed by atoms with Crippen LogP contribution in [-0.4, -0.2) is 24.8 Å². The Hall–Kier alpha value is -1.12. The zero-order chi connectivity index (χ0) is 7.40. The lowest BCUT2D eigenvalue weighted by Crippen LogP contribution is -1.94. The molecule has 1 aliphatic rings. The summed E-state index contributed by atoms with van der Waals surface area (Å²) < 4.78 is 5.01. The van der Waals surface area contributed by atoms with E-state index in [1.165, 1.54) is 13.0 Å². The number of nitrogens with zero attached hydrogens (tertiary/aromatic N) is 1. The Kier molecular flexibility index (Phi) is 2.20. The first-order valence-electron chi connectivity index (χ1n) is 3.15. The van der Waals surface area contributed by atoms with E-state index >= 15 is 0 Å². The van der Waals surface area contributed by atoms with Gasteiger partial charge in [0, 0.05) is 6.08 Å². The fourth-order valence-electron chi connectivity index (χ4n) is 0.641. The first-order chi connectivity index (χ1) is 4.79. The van der Waals surface area contributed by atoms with Crippen LogP contribution in [0.25, 0.3) is 0 Å². The summed E-state index contributed by atoms with van der Waals surface area (Å²) in [5.74, 6) is 0.577. The summed E-state index contributed by atoms with van der Waals surface area (Å²) in [6, 6.07) is 0. The lowest BCUT2D eigenvalue weighted by molar-refractivity contribution is -0.112. The molecule has 0 N–H and O–H groups in total. The van der Waals surface area contributed by atoms with E-state index < -0.39 is 0 Å². The quantitative estimate of drug-likeness (QED) is 0.524. The van der Waals surface area contributed by atoms with Crippen LogP contribution < -0.4 is 0 Å². The van der Waals surface area contributed by atoms with Gasteiger partial charge in [-0.3, -0.25) is 4.79 Å². The number of carbonyl (C=O) groups is 1. The first kappa shape index (κ1) is 6.99. The predicted molar refractivity (Wildman–Crippen MR) is 38.1 cm³/mol. The molecule has 0 atom stereocenters. The van der Waals surface area contributed by atoms with Gasteiger partial charge in [0.1, 0.15) is 6.61 Å².